The smallest absolute Gasteiger partial charge is 0.324 e. The van der Waals surface area contributed by atoms with Gasteiger partial charge >= 0.3 is 6.03 Å². The Morgan fingerprint density at radius 3 is 2.25 bits per heavy atom. The summed E-state index contributed by atoms with van der Waals surface area (Å²) < 4.78 is 11.3. The summed E-state index contributed by atoms with van der Waals surface area (Å²) in [7, 11) is 2.11. The lowest BCUT2D eigenvalue weighted by Gasteiger charge is -2.29. The molecule has 3 amide bonds. The van der Waals surface area contributed by atoms with Gasteiger partial charge in [0.1, 0.15) is 23.3 Å². The number of ether oxygens (including phenoxy) is 1. The van der Waals surface area contributed by atoms with Crippen LogP contribution in [0.15, 0.2) is 53.2 Å². The Bertz CT molecular complexity index is 1180. The third-order valence-electron chi connectivity index (χ3n) is 5.83. The van der Waals surface area contributed by atoms with Crippen molar-refractivity contribution in [3.8, 4) is 5.75 Å². The van der Waals surface area contributed by atoms with E-state index in [2.05, 4.69) is 38.0 Å². The largest absolute Gasteiger partial charge is 0.489 e. The Balaban J connectivity index is 1.26. The van der Waals surface area contributed by atoms with Gasteiger partial charge in [0.25, 0.3) is 5.91 Å². The van der Waals surface area contributed by atoms with Gasteiger partial charge in [-0.25, -0.2) is 9.78 Å². The van der Waals surface area contributed by atoms with E-state index in [1.165, 1.54) is 0 Å². The van der Waals surface area contributed by atoms with E-state index in [1.807, 2.05) is 20.8 Å². The maximum Gasteiger partial charge on any atom is 0.324 e. The number of carbonyl (C=O) groups excluding carboxylic acids is 2. The molecule has 0 saturated carbocycles. The standard InChI is InChI=1S/C26H32N6O4/c1-26(2,3)22-15-23(31-36-22)30-25(34)29-18-7-5-17(6-8-18)28-24(33)21-10-9-20(16-27-21)35-19-11-13-32(4)14-12-19/h5-10,15-16,19H,11-14H2,1-4H3,(H,28,33)(H2,29,30,31,34). The molecule has 1 fully saturated rings. The van der Waals surface area contributed by atoms with Gasteiger partial charge < -0.3 is 24.8 Å². The molecular formula is C26H32N6O4. The van der Waals surface area contributed by atoms with Crippen LogP contribution in [0.2, 0.25) is 0 Å². The van der Waals surface area contributed by atoms with E-state index in [-0.39, 0.29) is 23.1 Å². The average Bonchev–Trinajstić information content (AvgIpc) is 3.31. The van der Waals surface area contributed by atoms with Crippen LogP contribution in [0.25, 0.3) is 0 Å². The lowest BCUT2D eigenvalue weighted by Crippen LogP contribution is -2.35. The van der Waals surface area contributed by atoms with E-state index in [0.29, 0.717) is 28.7 Å². The Morgan fingerprint density at radius 1 is 1.00 bits per heavy atom. The highest BCUT2D eigenvalue weighted by Crippen LogP contribution is 2.24. The molecule has 0 spiro atoms. The zero-order chi connectivity index (χ0) is 25.7. The number of amides is 3. The Labute approximate surface area is 210 Å². The predicted molar refractivity (Wildman–Crippen MR) is 138 cm³/mol. The normalized spacial score (nSPS) is 14.8. The summed E-state index contributed by atoms with van der Waals surface area (Å²) in [4.78, 5) is 31.4. The van der Waals surface area contributed by atoms with Gasteiger partial charge in [0.15, 0.2) is 5.82 Å². The molecule has 1 aromatic carbocycles. The first-order valence-corrected chi connectivity index (χ1v) is 11.9. The number of likely N-dealkylation sites (tertiary alicyclic amines) is 1. The van der Waals surface area contributed by atoms with Gasteiger partial charge in [0.2, 0.25) is 0 Å². The van der Waals surface area contributed by atoms with E-state index >= 15 is 0 Å². The highest BCUT2D eigenvalue weighted by Gasteiger charge is 2.21. The van der Waals surface area contributed by atoms with Gasteiger partial charge in [-0.05, 0) is 56.3 Å². The van der Waals surface area contributed by atoms with Crippen LogP contribution in [0.5, 0.6) is 5.75 Å². The summed E-state index contributed by atoms with van der Waals surface area (Å²) in [6.07, 6.45) is 3.71. The summed E-state index contributed by atoms with van der Waals surface area (Å²) in [6.45, 7) is 8.01. The zero-order valence-electron chi connectivity index (χ0n) is 21.0. The van der Waals surface area contributed by atoms with Crippen molar-refractivity contribution in [3.63, 3.8) is 0 Å². The van der Waals surface area contributed by atoms with Crippen LogP contribution in [0.1, 0.15) is 49.9 Å². The molecule has 0 atom stereocenters. The first kappa shape index (κ1) is 25.2. The number of hydrogen-bond acceptors (Lipinski definition) is 7. The number of carbonyl (C=O) groups is 2. The van der Waals surface area contributed by atoms with Crippen molar-refractivity contribution >= 4 is 29.1 Å². The van der Waals surface area contributed by atoms with Crippen LogP contribution >= 0.6 is 0 Å². The van der Waals surface area contributed by atoms with Crippen LogP contribution in [-0.4, -0.2) is 53.2 Å². The summed E-state index contributed by atoms with van der Waals surface area (Å²) in [5.41, 5.74) is 1.21. The van der Waals surface area contributed by atoms with Gasteiger partial charge in [-0.15, -0.1) is 0 Å². The third-order valence-corrected chi connectivity index (χ3v) is 5.83. The van der Waals surface area contributed by atoms with E-state index in [4.69, 9.17) is 9.26 Å². The maximum atomic E-state index is 12.6. The second-order valence-electron chi connectivity index (χ2n) is 9.94. The summed E-state index contributed by atoms with van der Waals surface area (Å²) in [5.74, 6) is 1.33. The van der Waals surface area contributed by atoms with Crippen molar-refractivity contribution < 1.29 is 18.8 Å². The molecule has 4 rings (SSSR count). The first-order chi connectivity index (χ1) is 17.2. The average molecular weight is 493 g/mol. The van der Waals surface area contributed by atoms with E-state index in [0.717, 1.165) is 25.9 Å². The van der Waals surface area contributed by atoms with E-state index in [9.17, 15) is 9.59 Å². The number of nitrogens with one attached hydrogen (secondary N) is 3. The fourth-order valence-corrected chi connectivity index (χ4v) is 3.68. The molecule has 3 heterocycles. The van der Waals surface area contributed by atoms with Crippen molar-refractivity contribution in [2.45, 2.75) is 45.1 Å². The minimum atomic E-state index is -0.452. The number of urea groups is 1. The highest BCUT2D eigenvalue weighted by molar-refractivity contribution is 6.03. The molecule has 1 saturated heterocycles. The maximum absolute atomic E-state index is 12.6. The van der Waals surface area contributed by atoms with Crippen LogP contribution in [0, 0.1) is 0 Å². The second-order valence-corrected chi connectivity index (χ2v) is 9.94. The number of pyridine rings is 1. The van der Waals surface area contributed by atoms with Gasteiger partial charge in [0.05, 0.1) is 6.20 Å². The van der Waals surface area contributed by atoms with Crippen molar-refractivity contribution in [1.29, 1.82) is 0 Å². The number of benzene rings is 1. The molecule has 0 aliphatic carbocycles. The topological polar surface area (TPSA) is 122 Å². The molecule has 2 aromatic heterocycles. The van der Waals surface area contributed by atoms with Crippen LogP contribution in [0.4, 0.5) is 22.0 Å². The molecule has 0 unspecified atom stereocenters. The van der Waals surface area contributed by atoms with Crippen molar-refractivity contribution in [1.82, 2.24) is 15.0 Å². The first-order valence-electron chi connectivity index (χ1n) is 11.9. The Hall–Kier alpha value is -3.92. The summed E-state index contributed by atoms with van der Waals surface area (Å²) >= 11 is 0. The molecule has 36 heavy (non-hydrogen) atoms. The number of rotatable bonds is 6. The molecule has 3 aromatic rings. The quantitative estimate of drug-likeness (QED) is 0.454. The summed E-state index contributed by atoms with van der Waals surface area (Å²) in [6, 6.07) is 11.4. The number of nitrogens with zero attached hydrogens (tertiary/aromatic N) is 3. The van der Waals surface area contributed by atoms with Crippen LogP contribution in [0.3, 0.4) is 0 Å². The van der Waals surface area contributed by atoms with Crippen molar-refractivity contribution in [3.05, 3.63) is 60.1 Å². The number of piperidine rings is 1. The summed E-state index contributed by atoms with van der Waals surface area (Å²) in [5, 5.41) is 12.0. The van der Waals surface area contributed by atoms with Gasteiger partial charge in [-0.1, -0.05) is 25.9 Å². The molecule has 190 valence electrons. The zero-order valence-corrected chi connectivity index (χ0v) is 21.0. The molecule has 10 nitrogen and oxygen atoms in total. The minimum absolute atomic E-state index is 0.175. The predicted octanol–water partition coefficient (Wildman–Crippen LogP) is 4.74. The highest BCUT2D eigenvalue weighted by atomic mass is 16.5. The molecular weight excluding hydrogens is 460 g/mol. The molecule has 0 radical (unpaired) electrons. The minimum Gasteiger partial charge on any atom is -0.489 e. The molecule has 0 bridgehead atoms. The lowest BCUT2D eigenvalue weighted by molar-refractivity contribution is 0.102. The number of aromatic nitrogens is 2. The number of hydrogen-bond donors (Lipinski definition) is 3. The fraction of sp³-hybridized carbons (Fsp3) is 0.385. The van der Waals surface area contributed by atoms with Crippen LogP contribution in [-0.2, 0) is 5.41 Å². The molecule has 10 heteroatoms. The second kappa shape index (κ2) is 10.8. The van der Waals surface area contributed by atoms with Gasteiger partial charge in [0, 0.05) is 35.9 Å². The SMILES string of the molecule is CN1CCC(Oc2ccc(C(=O)Nc3ccc(NC(=O)Nc4cc(C(C)(C)C)on4)cc3)nc2)CC1. The molecule has 3 N–H and O–H groups in total. The van der Waals surface area contributed by atoms with Gasteiger partial charge in [-0.3, -0.25) is 10.1 Å². The molecule has 1 aliphatic heterocycles. The van der Waals surface area contributed by atoms with E-state index in [1.54, 1.807) is 48.7 Å². The number of anilines is 3. The van der Waals surface area contributed by atoms with E-state index < -0.39 is 6.03 Å². The fourth-order valence-electron chi connectivity index (χ4n) is 3.68. The molecule has 1 aliphatic rings. The Morgan fingerprint density at radius 2 is 1.67 bits per heavy atom. The Kier molecular flexibility index (Phi) is 7.54. The van der Waals surface area contributed by atoms with Crippen molar-refractivity contribution in [2.24, 2.45) is 0 Å². The monoisotopic (exact) mass is 492 g/mol. The van der Waals surface area contributed by atoms with Crippen LogP contribution < -0.4 is 20.7 Å². The lowest BCUT2D eigenvalue weighted by atomic mass is 9.93. The third kappa shape index (κ3) is 6.82. The van der Waals surface area contributed by atoms with Gasteiger partial charge in [-0.2, -0.15) is 0 Å². The van der Waals surface area contributed by atoms with Crippen molar-refractivity contribution in [2.75, 3.05) is 36.1 Å².